The first kappa shape index (κ1) is 13.8. The van der Waals surface area contributed by atoms with Gasteiger partial charge in [0.25, 0.3) is 0 Å². The molecule has 5 heteroatoms. The van der Waals surface area contributed by atoms with Crippen molar-refractivity contribution in [2.24, 2.45) is 0 Å². The van der Waals surface area contributed by atoms with Gasteiger partial charge in [-0.2, -0.15) is 5.10 Å². The van der Waals surface area contributed by atoms with E-state index in [1.54, 1.807) is 4.90 Å². The van der Waals surface area contributed by atoms with Gasteiger partial charge < -0.3 is 4.90 Å². The Balaban J connectivity index is 1.68. The van der Waals surface area contributed by atoms with E-state index in [0.717, 1.165) is 23.7 Å². The highest BCUT2D eigenvalue weighted by Gasteiger charge is 2.23. The Bertz CT molecular complexity index is 656. The van der Waals surface area contributed by atoms with Crippen LogP contribution in [0.2, 0.25) is 0 Å². The molecule has 1 saturated heterocycles. The Morgan fingerprint density at radius 1 is 1.33 bits per heavy atom. The highest BCUT2D eigenvalue weighted by Crippen LogP contribution is 2.26. The first-order valence-corrected chi connectivity index (χ1v) is 7.23. The molecule has 2 aromatic rings. The molecule has 1 aliphatic rings. The third-order valence-electron chi connectivity index (χ3n) is 3.98. The SMILES string of the molecule is O=C(/C=C/CF)N1CCC(n2ncc3ccccc32)CC1. The number of hydrogen-bond donors (Lipinski definition) is 0. The van der Waals surface area contributed by atoms with E-state index < -0.39 is 6.67 Å². The number of benzene rings is 1. The molecule has 0 radical (unpaired) electrons. The molecule has 0 bridgehead atoms. The van der Waals surface area contributed by atoms with Crippen LogP contribution < -0.4 is 0 Å². The lowest BCUT2D eigenvalue weighted by molar-refractivity contribution is -0.127. The highest BCUT2D eigenvalue weighted by atomic mass is 19.1. The lowest BCUT2D eigenvalue weighted by Gasteiger charge is -2.31. The van der Waals surface area contributed by atoms with Crippen LogP contribution in [0.4, 0.5) is 4.39 Å². The molecule has 0 spiro atoms. The minimum Gasteiger partial charge on any atom is -0.339 e. The van der Waals surface area contributed by atoms with Crippen LogP contribution in [0.15, 0.2) is 42.6 Å². The van der Waals surface area contributed by atoms with Gasteiger partial charge in [0, 0.05) is 24.6 Å². The number of likely N-dealkylation sites (tertiary alicyclic amines) is 1. The van der Waals surface area contributed by atoms with E-state index in [2.05, 4.69) is 21.9 Å². The summed E-state index contributed by atoms with van der Waals surface area (Å²) in [7, 11) is 0. The van der Waals surface area contributed by atoms with Gasteiger partial charge in [-0.1, -0.05) is 18.2 Å². The summed E-state index contributed by atoms with van der Waals surface area (Å²) in [5, 5.41) is 5.63. The number of para-hydroxylation sites is 1. The molecule has 4 nitrogen and oxygen atoms in total. The maximum absolute atomic E-state index is 12.0. The minimum absolute atomic E-state index is 0.101. The van der Waals surface area contributed by atoms with Crippen molar-refractivity contribution in [3.8, 4) is 0 Å². The number of alkyl halides is 1. The zero-order valence-corrected chi connectivity index (χ0v) is 11.8. The maximum atomic E-state index is 12.0. The van der Waals surface area contributed by atoms with Crippen molar-refractivity contribution in [3.63, 3.8) is 0 Å². The second-order valence-corrected chi connectivity index (χ2v) is 5.26. The molecule has 1 aromatic carbocycles. The molecule has 0 unspecified atom stereocenters. The van der Waals surface area contributed by atoms with Crippen molar-refractivity contribution in [3.05, 3.63) is 42.6 Å². The number of carbonyl (C=O) groups excluding carboxylic acids is 1. The van der Waals surface area contributed by atoms with E-state index in [1.165, 1.54) is 12.2 Å². The molecule has 1 aromatic heterocycles. The van der Waals surface area contributed by atoms with Gasteiger partial charge >= 0.3 is 0 Å². The van der Waals surface area contributed by atoms with Crippen LogP contribution in [-0.4, -0.2) is 40.4 Å². The monoisotopic (exact) mass is 287 g/mol. The van der Waals surface area contributed by atoms with Crippen molar-refractivity contribution in [2.45, 2.75) is 18.9 Å². The summed E-state index contributed by atoms with van der Waals surface area (Å²) in [5.41, 5.74) is 1.14. The van der Waals surface area contributed by atoms with Crippen molar-refractivity contribution in [2.75, 3.05) is 19.8 Å². The van der Waals surface area contributed by atoms with E-state index in [-0.39, 0.29) is 5.91 Å². The van der Waals surface area contributed by atoms with Gasteiger partial charge in [-0.15, -0.1) is 0 Å². The molecule has 0 N–H and O–H groups in total. The molecule has 110 valence electrons. The second-order valence-electron chi connectivity index (χ2n) is 5.26. The summed E-state index contributed by atoms with van der Waals surface area (Å²) in [4.78, 5) is 13.6. The first-order valence-electron chi connectivity index (χ1n) is 7.23. The third kappa shape index (κ3) is 2.82. The number of carbonyl (C=O) groups is 1. The summed E-state index contributed by atoms with van der Waals surface area (Å²) in [5.74, 6) is -0.101. The molecule has 1 amide bonds. The molecule has 0 aliphatic carbocycles. The van der Waals surface area contributed by atoms with Crippen LogP contribution in [0.5, 0.6) is 0 Å². The van der Waals surface area contributed by atoms with Crippen molar-refractivity contribution in [1.29, 1.82) is 0 Å². The highest BCUT2D eigenvalue weighted by molar-refractivity contribution is 5.87. The molecule has 1 aliphatic heterocycles. The number of halogens is 1. The maximum Gasteiger partial charge on any atom is 0.246 e. The Kier molecular flexibility index (Phi) is 3.99. The summed E-state index contributed by atoms with van der Waals surface area (Å²) in [6.45, 7) is 0.782. The quantitative estimate of drug-likeness (QED) is 0.814. The van der Waals surface area contributed by atoms with E-state index in [9.17, 15) is 9.18 Å². The number of rotatable bonds is 3. The molecular formula is C16H18FN3O. The summed E-state index contributed by atoms with van der Waals surface area (Å²) >= 11 is 0. The predicted octanol–water partition coefficient (Wildman–Crippen LogP) is 2.73. The molecule has 0 atom stereocenters. The van der Waals surface area contributed by atoms with Crippen LogP contribution in [0.1, 0.15) is 18.9 Å². The molecule has 3 rings (SSSR count). The van der Waals surface area contributed by atoms with Gasteiger partial charge in [0.05, 0.1) is 17.8 Å². The van der Waals surface area contributed by atoms with Gasteiger partial charge in [0.15, 0.2) is 0 Å². The van der Waals surface area contributed by atoms with Gasteiger partial charge in [-0.25, -0.2) is 4.39 Å². The number of amides is 1. The van der Waals surface area contributed by atoms with Crippen LogP contribution in [0, 0.1) is 0 Å². The summed E-state index contributed by atoms with van der Waals surface area (Å²) in [6.07, 6.45) is 6.22. The standard InChI is InChI=1S/C16H18FN3O/c17-9-3-6-16(21)19-10-7-14(8-11-19)20-15-5-2-1-4-13(15)12-18-20/h1-6,12,14H,7-11H2/b6-3+. The van der Waals surface area contributed by atoms with Gasteiger partial charge in [0.1, 0.15) is 6.67 Å². The van der Waals surface area contributed by atoms with Crippen LogP contribution in [0.3, 0.4) is 0 Å². The molecular weight excluding hydrogens is 269 g/mol. The van der Waals surface area contributed by atoms with Crippen molar-refractivity contribution >= 4 is 16.8 Å². The number of allylic oxidation sites excluding steroid dienone is 1. The normalized spacial score (nSPS) is 16.9. The van der Waals surface area contributed by atoms with Gasteiger partial charge in [0.2, 0.25) is 5.91 Å². The van der Waals surface area contributed by atoms with Crippen molar-refractivity contribution in [1.82, 2.24) is 14.7 Å². The lowest BCUT2D eigenvalue weighted by Crippen LogP contribution is -2.38. The number of piperidine rings is 1. The number of hydrogen-bond acceptors (Lipinski definition) is 2. The molecule has 21 heavy (non-hydrogen) atoms. The average Bonchev–Trinajstić information content (AvgIpc) is 2.97. The molecule has 0 saturated carbocycles. The molecule has 1 fully saturated rings. The van der Waals surface area contributed by atoms with E-state index >= 15 is 0 Å². The van der Waals surface area contributed by atoms with E-state index in [4.69, 9.17) is 0 Å². The zero-order chi connectivity index (χ0) is 14.7. The average molecular weight is 287 g/mol. The third-order valence-corrected chi connectivity index (χ3v) is 3.98. The van der Waals surface area contributed by atoms with Gasteiger partial charge in [-0.05, 0) is 25.0 Å². The Hall–Kier alpha value is -2.17. The topological polar surface area (TPSA) is 38.1 Å². The minimum atomic E-state index is -0.596. The summed E-state index contributed by atoms with van der Waals surface area (Å²) in [6, 6.07) is 8.47. The van der Waals surface area contributed by atoms with E-state index in [1.807, 2.05) is 18.3 Å². The van der Waals surface area contributed by atoms with Gasteiger partial charge in [-0.3, -0.25) is 9.48 Å². The number of aromatic nitrogens is 2. The fourth-order valence-electron chi connectivity index (χ4n) is 2.86. The zero-order valence-electron chi connectivity index (χ0n) is 11.8. The predicted molar refractivity (Wildman–Crippen MR) is 79.7 cm³/mol. The lowest BCUT2D eigenvalue weighted by atomic mass is 10.0. The van der Waals surface area contributed by atoms with Crippen LogP contribution in [0.25, 0.3) is 10.9 Å². The Morgan fingerprint density at radius 2 is 2.10 bits per heavy atom. The van der Waals surface area contributed by atoms with Crippen molar-refractivity contribution < 1.29 is 9.18 Å². The summed E-state index contributed by atoms with van der Waals surface area (Å²) < 4.78 is 14.1. The largest absolute Gasteiger partial charge is 0.339 e. The number of fused-ring (bicyclic) bond motifs is 1. The van der Waals surface area contributed by atoms with Crippen LogP contribution in [-0.2, 0) is 4.79 Å². The fraction of sp³-hybridized carbons (Fsp3) is 0.375. The van der Waals surface area contributed by atoms with E-state index in [0.29, 0.717) is 19.1 Å². The first-order chi connectivity index (χ1) is 10.3. The Labute approximate surface area is 122 Å². The molecule has 2 heterocycles. The Morgan fingerprint density at radius 3 is 2.86 bits per heavy atom. The smallest absolute Gasteiger partial charge is 0.246 e. The fourth-order valence-corrected chi connectivity index (χ4v) is 2.86. The second kappa shape index (κ2) is 6.08. The number of nitrogens with zero attached hydrogens (tertiary/aromatic N) is 3. The van der Waals surface area contributed by atoms with Crippen LogP contribution >= 0.6 is 0 Å².